The molecule has 1 aromatic carbocycles. The van der Waals surface area contributed by atoms with Crippen LogP contribution in [0.3, 0.4) is 0 Å². The van der Waals surface area contributed by atoms with E-state index in [1.165, 1.54) is 18.2 Å². The molecule has 0 aliphatic heterocycles. The second-order valence-electron chi connectivity index (χ2n) is 5.87. The van der Waals surface area contributed by atoms with E-state index in [4.69, 9.17) is 0 Å². The SMILES string of the molecule is O=C(CSc1nnc(NC(=O)C2CCC2)s1)Nc1ccccc1C(F)(F)F. The Morgan fingerprint density at radius 1 is 1.19 bits per heavy atom. The smallest absolute Gasteiger partial charge is 0.325 e. The highest BCUT2D eigenvalue weighted by atomic mass is 32.2. The largest absolute Gasteiger partial charge is 0.418 e. The predicted octanol–water partition coefficient (Wildman–Crippen LogP) is 4.03. The highest BCUT2D eigenvalue weighted by Crippen LogP contribution is 2.35. The number of hydrogen-bond donors (Lipinski definition) is 2. The van der Waals surface area contributed by atoms with Crippen LogP contribution in [0.25, 0.3) is 0 Å². The fraction of sp³-hybridized carbons (Fsp3) is 0.375. The lowest BCUT2D eigenvalue weighted by molar-refractivity contribution is -0.137. The van der Waals surface area contributed by atoms with E-state index in [2.05, 4.69) is 20.8 Å². The third kappa shape index (κ3) is 5.19. The summed E-state index contributed by atoms with van der Waals surface area (Å²) in [5.74, 6) is -0.788. The van der Waals surface area contributed by atoms with Crippen molar-refractivity contribution in [2.75, 3.05) is 16.4 Å². The van der Waals surface area contributed by atoms with Crippen LogP contribution in [0.1, 0.15) is 24.8 Å². The van der Waals surface area contributed by atoms with Crippen molar-refractivity contribution in [1.29, 1.82) is 0 Å². The molecule has 0 bridgehead atoms. The van der Waals surface area contributed by atoms with Gasteiger partial charge in [-0.2, -0.15) is 13.2 Å². The van der Waals surface area contributed by atoms with Crippen molar-refractivity contribution in [3.63, 3.8) is 0 Å². The molecule has 0 saturated heterocycles. The monoisotopic (exact) mass is 416 g/mol. The van der Waals surface area contributed by atoms with Gasteiger partial charge in [0.05, 0.1) is 17.0 Å². The summed E-state index contributed by atoms with van der Waals surface area (Å²) in [4.78, 5) is 23.8. The molecule has 1 fully saturated rings. The van der Waals surface area contributed by atoms with Crippen LogP contribution in [0.4, 0.5) is 24.0 Å². The number of anilines is 2. The number of halogens is 3. The van der Waals surface area contributed by atoms with Gasteiger partial charge in [0.25, 0.3) is 0 Å². The zero-order valence-electron chi connectivity index (χ0n) is 13.9. The maximum Gasteiger partial charge on any atom is 0.418 e. The lowest BCUT2D eigenvalue weighted by Crippen LogP contribution is -2.27. The summed E-state index contributed by atoms with van der Waals surface area (Å²) in [6.45, 7) is 0. The fourth-order valence-electron chi connectivity index (χ4n) is 2.35. The first-order valence-corrected chi connectivity index (χ1v) is 9.86. The predicted molar refractivity (Wildman–Crippen MR) is 96.7 cm³/mol. The van der Waals surface area contributed by atoms with Gasteiger partial charge in [-0.15, -0.1) is 10.2 Å². The summed E-state index contributed by atoms with van der Waals surface area (Å²) in [5, 5.41) is 13.0. The molecule has 1 aliphatic carbocycles. The summed E-state index contributed by atoms with van der Waals surface area (Å²) in [6, 6.07) is 4.78. The molecule has 2 N–H and O–H groups in total. The van der Waals surface area contributed by atoms with Crippen LogP contribution in [0.15, 0.2) is 28.6 Å². The van der Waals surface area contributed by atoms with E-state index >= 15 is 0 Å². The third-order valence-corrected chi connectivity index (χ3v) is 5.92. The summed E-state index contributed by atoms with van der Waals surface area (Å²) in [5.41, 5.74) is -1.19. The quantitative estimate of drug-likeness (QED) is 0.549. The molecule has 2 amide bonds. The van der Waals surface area contributed by atoms with E-state index in [0.717, 1.165) is 48.4 Å². The number of thioether (sulfide) groups is 1. The molecule has 0 unspecified atom stereocenters. The molecule has 27 heavy (non-hydrogen) atoms. The van der Waals surface area contributed by atoms with Gasteiger partial charge in [-0.1, -0.05) is 41.7 Å². The second-order valence-corrected chi connectivity index (χ2v) is 8.07. The van der Waals surface area contributed by atoms with Gasteiger partial charge >= 0.3 is 6.18 Å². The van der Waals surface area contributed by atoms with E-state index in [9.17, 15) is 22.8 Å². The minimum absolute atomic E-state index is 0.0180. The molecule has 0 atom stereocenters. The maximum absolute atomic E-state index is 12.9. The van der Waals surface area contributed by atoms with Gasteiger partial charge in [0.1, 0.15) is 0 Å². The molecule has 1 aliphatic rings. The first-order chi connectivity index (χ1) is 12.8. The molecule has 3 rings (SSSR count). The molecule has 0 spiro atoms. The number of benzene rings is 1. The molecule has 0 radical (unpaired) electrons. The van der Waals surface area contributed by atoms with Crippen molar-refractivity contribution in [3.05, 3.63) is 29.8 Å². The van der Waals surface area contributed by atoms with Crippen LogP contribution in [0.2, 0.25) is 0 Å². The Bertz CT molecular complexity index is 837. The molecule has 1 heterocycles. The number of hydrogen-bond acceptors (Lipinski definition) is 6. The summed E-state index contributed by atoms with van der Waals surface area (Å²) >= 11 is 2.16. The summed E-state index contributed by atoms with van der Waals surface area (Å²) < 4.78 is 39.2. The lowest BCUT2D eigenvalue weighted by Gasteiger charge is -2.23. The molecule has 1 aromatic heterocycles. The Morgan fingerprint density at radius 3 is 2.59 bits per heavy atom. The molecule has 1 saturated carbocycles. The van der Waals surface area contributed by atoms with E-state index in [1.807, 2.05) is 0 Å². The van der Waals surface area contributed by atoms with Crippen LogP contribution in [-0.4, -0.2) is 27.8 Å². The lowest BCUT2D eigenvalue weighted by atomic mass is 9.85. The van der Waals surface area contributed by atoms with Gasteiger partial charge in [0.15, 0.2) is 4.34 Å². The standard InChI is InChI=1S/C16H15F3N4O2S2/c17-16(18,19)10-6-1-2-7-11(10)20-12(24)8-26-15-23-22-14(27-15)21-13(25)9-4-3-5-9/h1-2,6-7,9H,3-5,8H2,(H,20,24)(H,21,22,25). The van der Waals surface area contributed by atoms with Gasteiger partial charge in [0, 0.05) is 5.92 Å². The van der Waals surface area contributed by atoms with Gasteiger partial charge < -0.3 is 10.6 Å². The van der Waals surface area contributed by atoms with Crippen LogP contribution < -0.4 is 10.6 Å². The number of rotatable bonds is 6. The maximum atomic E-state index is 12.9. The van der Waals surface area contributed by atoms with Crippen LogP contribution in [0, 0.1) is 5.92 Å². The second kappa shape index (κ2) is 8.26. The average molecular weight is 416 g/mol. The Balaban J connectivity index is 1.52. The van der Waals surface area contributed by atoms with Crippen molar-refractivity contribution in [2.24, 2.45) is 5.92 Å². The first kappa shape index (κ1) is 19.6. The van der Waals surface area contributed by atoms with Crippen molar-refractivity contribution in [1.82, 2.24) is 10.2 Å². The third-order valence-electron chi connectivity index (χ3n) is 3.95. The van der Waals surface area contributed by atoms with E-state index in [-0.39, 0.29) is 23.3 Å². The Labute approximate surface area is 160 Å². The normalized spacial score (nSPS) is 14.5. The van der Waals surface area contributed by atoms with Crippen molar-refractivity contribution in [2.45, 2.75) is 29.8 Å². The van der Waals surface area contributed by atoms with Crippen molar-refractivity contribution >= 4 is 45.7 Å². The fourth-order valence-corrected chi connectivity index (χ4v) is 3.90. The zero-order valence-corrected chi connectivity index (χ0v) is 15.5. The van der Waals surface area contributed by atoms with Crippen molar-refractivity contribution < 1.29 is 22.8 Å². The van der Waals surface area contributed by atoms with Gasteiger partial charge in [-0.05, 0) is 25.0 Å². The molecule has 6 nitrogen and oxygen atoms in total. The van der Waals surface area contributed by atoms with Crippen LogP contribution in [-0.2, 0) is 15.8 Å². The number of carbonyl (C=O) groups excluding carboxylic acids is 2. The zero-order chi connectivity index (χ0) is 19.4. The summed E-state index contributed by atoms with van der Waals surface area (Å²) in [7, 11) is 0. The van der Waals surface area contributed by atoms with E-state index in [0.29, 0.717) is 9.47 Å². The van der Waals surface area contributed by atoms with Crippen molar-refractivity contribution in [3.8, 4) is 0 Å². The Hall–Kier alpha value is -2.14. The number of alkyl halides is 3. The molecular weight excluding hydrogens is 401 g/mol. The first-order valence-electron chi connectivity index (χ1n) is 8.06. The number of nitrogens with zero attached hydrogens (tertiary/aromatic N) is 2. The number of nitrogens with one attached hydrogen (secondary N) is 2. The molecule has 11 heteroatoms. The molecular formula is C16H15F3N4O2S2. The van der Waals surface area contributed by atoms with Crippen LogP contribution in [0.5, 0.6) is 0 Å². The highest BCUT2D eigenvalue weighted by Gasteiger charge is 2.33. The van der Waals surface area contributed by atoms with Crippen LogP contribution >= 0.6 is 23.1 Å². The highest BCUT2D eigenvalue weighted by molar-refractivity contribution is 8.01. The minimum Gasteiger partial charge on any atom is -0.325 e. The number of amides is 2. The van der Waals surface area contributed by atoms with Gasteiger partial charge in [0.2, 0.25) is 16.9 Å². The number of aromatic nitrogens is 2. The van der Waals surface area contributed by atoms with E-state index in [1.54, 1.807) is 0 Å². The average Bonchev–Trinajstić information content (AvgIpc) is 2.98. The topological polar surface area (TPSA) is 84.0 Å². The minimum atomic E-state index is -4.55. The summed E-state index contributed by atoms with van der Waals surface area (Å²) in [6.07, 6.45) is -1.77. The Kier molecular flexibility index (Phi) is 6.00. The Morgan fingerprint density at radius 2 is 1.93 bits per heavy atom. The van der Waals surface area contributed by atoms with E-state index < -0.39 is 17.6 Å². The molecule has 144 valence electrons. The molecule has 2 aromatic rings. The van der Waals surface area contributed by atoms with Gasteiger partial charge in [-0.3, -0.25) is 9.59 Å². The van der Waals surface area contributed by atoms with Gasteiger partial charge in [-0.25, -0.2) is 0 Å². The number of carbonyl (C=O) groups is 2. The number of para-hydroxylation sites is 1.